The SMILES string of the molecule is O=C(C1CCC1)N1CC2CCC(C1)N(Cc1ccc3cccc(F)c3n1)C2. The van der Waals surface area contributed by atoms with Gasteiger partial charge in [-0.05, 0) is 43.7 Å². The number of hydrogen-bond acceptors (Lipinski definition) is 3. The minimum absolute atomic E-state index is 0.260. The van der Waals surface area contributed by atoms with Gasteiger partial charge >= 0.3 is 0 Å². The third-order valence-corrected chi connectivity index (χ3v) is 6.69. The molecule has 0 spiro atoms. The molecule has 2 atom stereocenters. The van der Waals surface area contributed by atoms with Crippen LogP contribution < -0.4 is 0 Å². The van der Waals surface area contributed by atoms with E-state index in [0.29, 0.717) is 23.4 Å². The van der Waals surface area contributed by atoms with Crippen molar-refractivity contribution in [2.45, 2.75) is 44.7 Å². The van der Waals surface area contributed by atoms with Gasteiger partial charge in [0.1, 0.15) is 11.3 Å². The average Bonchev–Trinajstić information content (AvgIpc) is 2.93. The van der Waals surface area contributed by atoms with E-state index in [2.05, 4.69) is 14.8 Å². The van der Waals surface area contributed by atoms with Gasteiger partial charge in [-0.2, -0.15) is 0 Å². The molecule has 2 bridgehead atoms. The van der Waals surface area contributed by atoms with Gasteiger partial charge in [-0.15, -0.1) is 0 Å². The van der Waals surface area contributed by atoms with Crippen LogP contribution in [0.5, 0.6) is 0 Å². The molecule has 6 rings (SSSR count). The zero-order valence-corrected chi connectivity index (χ0v) is 15.6. The molecular weight excluding hydrogens is 341 g/mol. The first-order valence-corrected chi connectivity index (χ1v) is 10.2. The van der Waals surface area contributed by atoms with E-state index < -0.39 is 0 Å². The van der Waals surface area contributed by atoms with Crippen molar-refractivity contribution in [3.63, 3.8) is 0 Å². The predicted molar refractivity (Wildman–Crippen MR) is 103 cm³/mol. The Morgan fingerprint density at radius 1 is 1.07 bits per heavy atom. The first-order valence-electron chi connectivity index (χ1n) is 10.2. The van der Waals surface area contributed by atoms with Crippen LogP contribution in [-0.2, 0) is 11.3 Å². The van der Waals surface area contributed by atoms with Gasteiger partial charge in [0.2, 0.25) is 5.91 Å². The third-order valence-electron chi connectivity index (χ3n) is 6.69. The minimum atomic E-state index is -0.260. The molecule has 4 fully saturated rings. The number of hydrogen-bond donors (Lipinski definition) is 0. The first-order chi connectivity index (χ1) is 13.2. The molecule has 4 heterocycles. The van der Waals surface area contributed by atoms with Crippen molar-refractivity contribution in [1.29, 1.82) is 0 Å². The smallest absolute Gasteiger partial charge is 0.225 e. The molecule has 3 aliphatic heterocycles. The van der Waals surface area contributed by atoms with Crippen molar-refractivity contribution in [3.8, 4) is 0 Å². The highest BCUT2D eigenvalue weighted by atomic mass is 19.1. The van der Waals surface area contributed by atoms with Gasteiger partial charge in [0.05, 0.1) is 5.69 Å². The average molecular weight is 367 g/mol. The van der Waals surface area contributed by atoms with Gasteiger partial charge in [0, 0.05) is 43.5 Å². The molecule has 1 aromatic carbocycles. The summed E-state index contributed by atoms with van der Waals surface area (Å²) in [5.41, 5.74) is 1.37. The molecule has 5 heteroatoms. The highest BCUT2D eigenvalue weighted by Crippen LogP contribution is 2.33. The lowest BCUT2D eigenvalue weighted by molar-refractivity contribution is -0.138. The number of nitrogens with zero attached hydrogens (tertiary/aromatic N) is 3. The number of para-hydroxylation sites is 1. The Bertz CT molecular complexity index is 866. The molecule has 4 aliphatic rings. The van der Waals surface area contributed by atoms with E-state index >= 15 is 0 Å². The van der Waals surface area contributed by atoms with Crippen molar-refractivity contribution < 1.29 is 9.18 Å². The summed E-state index contributed by atoms with van der Waals surface area (Å²) >= 11 is 0. The number of aromatic nitrogens is 1. The summed E-state index contributed by atoms with van der Waals surface area (Å²) in [6, 6.07) is 9.46. The maximum atomic E-state index is 14.1. The van der Waals surface area contributed by atoms with Crippen LogP contribution in [0.4, 0.5) is 4.39 Å². The van der Waals surface area contributed by atoms with Crippen LogP contribution in [0.3, 0.4) is 0 Å². The molecule has 142 valence electrons. The van der Waals surface area contributed by atoms with E-state index in [0.717, 1.165) is 56.5 Å². The number of carbonyl (C=O) groups is 1. The van der Waals surface area contributed by atoms with Crippen LogP contribution in [0, 0.1) is 17.7 Å². The Labute approximate surface area is 159 Å². The normalized spacial score (nSPS) is 26.2. The van der Waals surface area contributed by atoms with E-state index in [4.69, 9.17) is 0 Å². The second-order valence-electron chi connectivity index (χ2n) is 8.51. The molecule has 27 heavy (non-hydrogen) atoms. The van der Waals surface area contributed by atoms with Gasteiger partial charge in [-0.25, -0.2) is 9.37 Å². The number of halogens is 1. The summed E-state index contributed by atoms with van der Waals surface area (Å²) in [7, 11) is 0. The summed E-state index contributed by atoms with van der Waals surface area (Å²) in [4.78, 5) is 22.0. The number of pyridine rings is 1. The van der Waals surface area contributed by atoms with Gasteiger partial charge in [-0.3, -0.25) is 9.69 Å². The largest absolute Gasteiger partial charge is 0.341 e. The fourth-order valence-electron chi connectivity index (χ4n) is 4.91. The van der Waals surface area contributed by atoms with E-state index in [1.807, 2.05) is 18.2 Å². The number of fused-ring (bicyclic) bond motifs is 5. The van der Waals surface area contributed by atoms with Crippen molar-refractivity contribution >= 4 is 16.8 Å². The molecule has 3 saturated heterocycles. The maximum absolute atomic E-state index is 14.1. The topological polar surface area (TPSA) is 36.4 Å². The quantitative estimate of drug-likeness (QED) is 0.832. The molecule has 1 amide bonds. The van der Waals surface area contributed by atoms with Crippen LogP contribution in [0.25, 0.3) is 10.9 Å². The molecule has 4 nitrogen and oxygen atoms in total. The van der Waals surface area contributed by atoms with Crippen LogP contribution in [0.15, 0.2) is 30.3 Å². The summed E-state index contributed by atoms with van der Waals surface area (Å²) in [5.74, 6) is 0.945. The lowest BCUT2D eigenvalue weighted by Gasteiger charge is -2.36. The van der Waals surface area contributed by atoms with E-state index in [1.165, 1.54) is 18.9 Å². The first kappa shape index (κ1) is 17.1. The summed E-state index contributed by atoms with van der Waals surface area (Å²) in [5, 5.41) is 0.841. The minimum Gasteiger partial charge on any atom is -0.341 e. The van der Waals surface area contributed by atoms with Crippen molar-refractivity contribution in [2.75, 3.05) is 19.6 Å². The van der Waals surface area contributed by atoms with Crippen molar-refractivity contribution in [3.05, 3.63) is 41.8 Å². The molecule has 2 aromatic rings. The molecule has 1 aromatic heterocycles. The third kappa shape index (κ3) is 3.22. The van der Waals surface area contributed by atoms with Crippen molar-refractivity contribution in [1.82, 2.24) is 14.8 Å². The Morgan fingerprint density at radius 3 is 2.78 bits per heavy atom. The van der Waals surface area contributed by atoms with Crippen LogP contribution in [-0.4, -0.2) is 46.4 Å². The Balaban J connectivity index is 1.34. The Morgan fingerprint density at radius 2 is 1.96 bits per heavy atom. The predicted octanol–water partition coefficient (Wildman–Crippen LogP) is 3.60. The fourth-order valence-corrected chi connectivity index (χ4v) is 4.91. The lowest BCUT2D eigenvalue weighted by Crippen LogP contribution is -2.45. The lowest BCUT2D eigenvalue weighted by atomic mass is 9.84. The second-order valence-corrected chi connectivity index (χ2v) is 8.51. The number of rotatable bonds is 3. The van der Waals surface area contributed by atoms with Crippen LogP contribution >= 0.6 is 0 Å². The van der Waals surface area contributed by atoms with Crippen molar-refractivity contribution in [2.24, 2.45) is 11.8 Å². The zero-order valence-electron chi connectivity index (χ0n) is 15.6. The monoisotopic (exact) mass is 367 g/mol. The van der Waals surface area contributed by atoms with Crippen LogP contribution in [0.1, 0.15) is 37.8 Å². The summed E-state index contributed by atoms with van der Waals surface area (Å²) in [6.07, 6.45) is 5.69. The molecule has 1 saturated carbocycles. The van der Waals surface area contributed by atoms with Gasteiger partial charge < -0.3 is 4.90 Å². The number of piperidine rings is 1. The Hall–Kier alpha value is -2.01. The van der Waals surface area contributed by atoms with Gasteiger partial charge in [-0.1, -0.05) is 24.6 Å². The highest BCUT2D eigenvalue weighted by molar-refractivity contribution is 5.80. The molecule has 0 radical (unpaired) electrons. The molecular formula is C22H26FN3O. The van der Waals surface area contributed by atoms with E-state index in [9.17, 15) is 9.18 Å². The molecule has 1 aliphatic carbocycles. The van der Waals surface area contributed by atoms with E-state index in [-0.39, 0.29) is 11.7 Å². The number of amides is 1. The van der Waals surface area contributed by atoms with Crippen LogP contribution in [0.2, 0.25) is 0 Å². The fraction of sp³-hybridized carbons (Fsp3) is 0.545. The highest BCUT2D eigenvalue weighted by Gasteiger charge is 2.39. The Kier molecular flexibility index (Phi) is 4.35. The van der Waals surface area contributed by atoms with Gasteiger partial charge in [0.15, 0.2) is 0 Å². The van der Waals surface area contributed by atoms with Gasteiger partial charge in [0.25, 0.3) is 0 Å². The summed E-state index contributed by atoms with van der Waals surface area (Å²) < 4.78 is 14.1. The molecule has 2 unspecified atom stereocenters. The number of carbonyl (C=O) groups excluding carboxylic acids is 1. The number of benzene rings is 1. The zero-order chi connectivity index (χ0) is 18.4. The van der Waals surface area contributed by atoms with E-state index in [1.54, 1.807) is 6.07 Å². The molecule has 0 N–H and O–H groups in total. The maximum Gasteiger partial charge on any atom is 0.225 e. The summed E-state index contributed by atoms with van der Waals surface area (Å²) in [6.45, 7) is 3.49. The standard InChI is InChI=1S/C22H26FN3O/c23-20-6-2-3-16-8-9-18(24-21(16)20)13-25-11-15-7-10-19(25)14-26(12-15)22(27)17-4-1-5-17/h2-3,6,8-9,15,17,19H,1,4-5,7,10-14H2. The second kappa shape index (κ2) is 6.86.